The molecule has 10 atom stereocenters. The van der Waals surface area contributed by atoms with Crippen LogP contribution in [0.3, 0.4) is 0 Å². The molecule has 2 saturated heterocycles. The number of methoxy groups -OCH3 is 1. The average molecular weight is 924 g/mol. The number of ether oxygens (including phenoxy) is 8. The Morgan fingerprint density at radius 1 is 0.642 bits per heavy atom. The molecule has 6 rings (SSSR count). The lowest BCUT2D eigenvalue weighted by atomic mass is 9.94. The van der Waals surface area contributed by atoms with Crippen molar-refractivity contribution in [3.63, 3.8) is 0 Å². The number of carboxylic acid groups (broad SMARTS) is 1. The summed E-state index contributed by atoms with van der Waals surface area (Å²) >= 11 is 0. The number of aliphatic carboxylic acids is 1. The van der Waals surface area contributed by atoms with Crippen LogP contribution in [0.25, 0.3) is 20.9 Å². The number of hydrogen-bond acceptors (Lipinski definition) is 14. The van der Waals surface area contributed by atoms with Crippen molar-refractivity contribution < 1.29 is 62.5 Å². The van der Waals surface area contributed by atoms with Gasteiger partial charge in [0.05, 0.1) is 20.3 Å². The first kappa shape index (κ1) is 49.9. The SMILES string of the molecule is COC(=O)[C@H]1O[C@H](O[C@@H]2[C@H](OCc3ccccc3)[C@@H](N=[N+]=[N-])[C@@H](OCCCCCN(Cc3ccccc3)C(=O)OCc3ccccc3)O[C@@H]2C(=O)O)[C@H](N=[N+]=[N-])[C@@H](OCc2ccccc2)[C@H]1O. The van der Waals surface area contributed by atoms with E-state index < -0.39 is 79.3 Å². The lowest BCUT2D eigenvalue weighted by Gasteiger charge is -2.47. The van der Waals surface area contributed by atoms with Gasteiger partial charge in [-0.1, -0.05) is 132 Å². The molecule has 4 aromatic rings. The zero-order valence-electron chi connectivity index (χ0n) is 36.7. The summed E-state index contributed by atoms with van der Waals surface area (Å²) in [6.45, 7) is 0.623. The molecule has 0 aromatic heterocycles. The van der Waals surface area contributed by atoms with Crippen molar-refractivity contribution in [1.82, 2.24) is 4.90 Å². The fourth-order valence-electron chi connectivity index (χ4n) is 7.64. The van der Waals surface area contributed by atoms with Crippen LogP contribution in [0.4, 0.5) is 4.79 Å². The Hall–Kier alpha value is -6.57. The van der Waals surface area contributed by atoms with E-state index in [2.05, 4.69) is 20.1 Å². The van der Waals surface area contributed by atoms with E-state index in [1.54, 1.807) is 65.6 Å². The van der Waals surface area contributed by atoms with Crippen LogP contribution in [0.1, 0.15) is 41.5 Å². The highest BCUT2D eigenvalue weighted by Crippen LogP contribution is 2.35. The van der Waals surface area contributed by atoms with Gasteiger partial charge in [-0.3, -0.25) is 0 Å². The third-order valence-electron chi connectivity index (χ3n) is 11.0. The van der Waals surface area contributed by atoms with Crippen LogP contribution in [0.2, 0.25) is 0 Å². The van der Waals surface area contributed by atoms with Gasteiger partial charge in [-0.2, -0.15) is 0 Å². The minimum Gasteiger partial charge on any atom is -0.479 e. The second-order valence-corrected chi connectivity index (χ2v) is 15.6. The summed E-state index contributed by atoms with van der Waals surface area (Å²) in [5, 5.41) is 29.8. The zero-order valence-corrected chi connectivity index (χ0v) is 36.7. The lowest BCUT2D eigenvalue weighted by molar-refractivity contribution is -0.326. The van der Waals surface area contributed by atoms with E-state index in [4.69, 9.17) is 37.9 Å². The third-order valence-corrected chi connectivity index (χ3v) is 11.0. The van der Waals surface area contributed by atoms with Crippen molar-refractivity contribution in [3.8, 4) is 0 Å². The summed E-state index contributed by atoms with van der Waals surface area (Å²) in [6.07, 6.45) is -12.1. The monoisotopic (exact) mass is 923 g/mol. The van der Waals surface area contributed by atoms with Crippen LogP contribution in [0.15, 0.2) is 132 Å². The number of aliphatic hydroxyl groups is 1. The molecule has 20 heteroatoms. The van der Waals surface area contributed by atoms with Gasteiger partial charge < -0.3 is 53.0 Å². The highest BCUT2D eigenvalue weighted by molar-refractivity contribution is 5.75. The van der Waals surface area contributed by atoms with Crippen molar-refractivity contribution in [2.75, 3.05) is 20.3 Å². The number of nitrogens with zero attached hydrogens (tertiary/aromatic N) is 7. The van der Waals surface area contributed by atoms with Crippen LogP contribution in [-0.4, -0.2) is 115 Å². The largest absolute Gasteiger partial charge is 0.479 e. The number of carbonyl (C=O) groups is 3. The Morgan fingerprint density at radius 2 is 1.15 bits per heavy atom. The van der Waals surface area contributed by atoms with Crippen molar-refractivity contribution in [1.29, 1.82) is 0 Å². The van der Waals surface area contributed by atoms with Gasteiger partial charge >= 0.3 is 18.0 Å². The van der Waals surface area contributed by atoms with E-state index in [0.717, 1.165) is 18.2 Å². The average Bonchev–Trinajstić information content (AvgIpc) is 3.35. The molecular formula is C47H53N7O13. The molecule has 2 aliphatic rings. The van der Waals surface area contributed by atoms with Crippen molar-refractivity contribution in [3.05, 3.63) is 164 Å². The molecule has 67 heavy (non-hydrogen) atoms. The van der Waals surface area contributed by atoms with Crippen LogP contribution >= 0.6 is 0 Å². The second-order valence-electron chi connectivity index (χ2n) is 15.6. The number of aliphatic hydroxyl groups excluding tert-OH is 1. The molecule has 2 fully saturated rings. The van der Waals surface area contributed by atoms with E-state index in [-0.39, 0.29) is 26.4 Å². The number of carboxylic acids is 1. The Labute approximate surface area is 386 Å². The molecule has 2 N–H and O–H groups in total. The molecule has 0 spiro atoms. The molecule has 1 amide bonds. The number of azide groups is 2. The predicted octanol–water partition coefficient (Wildman–Crippen LogP) is 6.99. The Balaban J connectivity index is 1.18. The minimum absolute atomic E-state index is 0.0202. The summed E-state index contributed by atoms with van der Waals surface area (Å²) in [7, 11) is 1.08. The normalized spacial score (nSPS) is 24.6. The standard InChI is InChI=1S/C47H53N7O13/c1-60-44(58)40-37(55)38(62-28-32-19-9-3-10-20-32)35(50-52-48)46(65-40)66-41-39(63-29-33-21-11-4-12-22-33)36(51-53-49)45(67-42(41)43(56)57)61-26-16-6-15-25-54(27-31-17-7-2-8-18-31)47(59)64-30-34-23-13-5-14-24-34/h2-5,7-14,17-24,35-42,45-46,55H,6,15-16,25-30H2,1H3,(H,56,57)/t35-,36-,37-,38-,39-,40+,41-,42+,45+,46-/m1/s1. The van der Waals surface area contributed by atoms with Gasteiger partial charge in [0.2, 0.25) is 0 Å². The van der Waals surface area contributed by atoms with Crippen LogP contribution < -0.4 is 0 Å². The molecule has 2 heterocycles. The fraction of sp³-hybridized carbons (Fsp3) is 0.426. The summed E-state index contributed by atoms with van der Waals surface area (Å²) in [5.74, 6) is -2.55. The number of hydrogen-bond donors (Lipinski definition) is 2. The Bertz CT molecular complexity index is 2260. The highest BCUT2D eigenvalue weighted by atomic mass is 16.7. The summed E-state index contributed by atoms with van der Waals surface area (Å²) in [6, 6.07) is 33.8. The highest BCUT2D eigenvalue weighted by Gasteiger charge is 2.55. The van der Waals surface area contributed by atoms with Crippen LogP contribution in [0.5, 0.6) is 0 Å². The van der Waals surface area contributed by atoms with Gasteiger partial charge in [0.1, 0.15) is 43.1 Å². The van der Waals surface area contributed by atoms with Gasteiger partial charge in [0, 0.05) is 29.5 Å². The molecule has 0 bridgehead atoms. The summed E-state index contributed by atoms with van der Waals surface area (Å²) < 4.78 is 47.3. The molecule has 0 saturated carbocycles. The minimum atomic E-state index is -1.88. The predicted molar refractivity (Wildman–Crippen MR) is 237 cm³/mol. The third kappa shape index (κ3) is 14.2. The van der Waals surface area contributed by atoms with Crippen LogP contribution in [-0.2, 0) is 73.8 Å². The molecule has 4 aromatic carbocycles. The number of benzene rings is 4. The fourth-order valence-corrected chi connectivity index (χ4v) is 7.64. The van der Waals surface area contributed by atoms with Gasteiger partial charge in [0.25, 0.3) is 0 Å². The Morgan fingerprint density at radius 3 is 1.69 bits per heavy atom. The topological polar surface area (TPSA) is 266 Å². The molecule has 20 nitrogen and oxygen atoms in total. The van der Waals surface area contributed by atoms with Crippen molar-refractivity contribution in [2.45, 2.75) is 107 Å². The van der Waals surface area contributed by atoms with E-state index >= 15 is 0 Å². The van der Waals surface area contributed by atoms with Crippen molar-refractivity contribution in [2.24, 2.45) is 10.2 Å². The molecule has 2 aliphatic heterocycles. The number of rotatable bonds is 23. The second kappa shape index (κ2) is 25.9. The van der Waals surface area contributed by atoms with Crippen LogP contribution in [0, 0.1) is 0 Å². The number of esters is 1. The molecule has 0 radical (unpaired) electrons. The number of amides is 1. The quantitative estimate of drug-likeness (QED) is 0.0250. The maximum Gasteiger partial charge on any atom is 0.410 e. The van der Waals surface area contributed by atoms with E-state index in [1.807, 2.05) is 60.7 Å². The first-order valence-corrected chi connectivity index (χ1v) is 21.7. The first-order valence-electron chi connectivity index (χ1n) is 21.7. The molecule has 354 valence electrons. The maximum atomic E-state index is 13.3. The molecule has 0 aliphatic carbocycles. The van der Waals surface area contributed by atoms with Gasteiger partial charge in [0.15, 0.2) is 24.8 Å². The molecular weight excluding hydrogens is 871 g/mol. The zero-order chi connectivity index (χ0) is 47.4. The first-order chi connectivity index (χ1) is 32.7. The smallest absolute Gasteiger partial charge is 0.410 e. The maximum absolute atomic E-state index is 13.3. The number of unbranched alkanes of at least 4 members (excludes halogenated alkanes) is 2. The van der Waals surface area contributed by atoms with Crippen molar-refractivity contribution >= 4 is 18.0 Å². The molecule has 0 unspecified atom stereocenters. The van der Waals surface area contributed by atoms with Gasteiger partial charge in [-0.15, -0.1) is 0 Å². The summed E-state index contributed by atoms with van der Waals surface area (Å²) in [4.78, 5) is 46.9. The van der Waals surface area contributed by atoms with E-state index in [0.29, 0.717) is 43.5 Å². The Kier molecular flexibility index (Phi) is 19.3. The van der Waals surface area contributed by atoms with E-state index in [9.17, 15) is 35.7 Å². The lowest BCUT2D eigenvalue weighted by Crippen LogP contribution is -2.65. The van der Waals surface area contributed by atoms with Gasteiger partial charge in [-0.25, -0.2) is 14.4 Å². The summed E-state index contributed by atoms with van der Waals surface area (Å²) in [5.41, 5.74) is 22.7. The van der Waals surface area contributed by atoms with Gasteiger partial charge in [-0.05, 0) is 52.6 Å². The van der Waals surface area contributed by atoms with E-state index in [1.165, 1.54) is 0 Å². The number of carbonyl (C=O) groups excluding carboxylic acids is 2.